The van der Waals surface area contributed by atoms with Gasteiger partial charge in [0.05, 0.1) is 12.3 Å². The molecule has 1 aromatic carbocycles. The van der Waals surface area contributed by atoms with E-state index >= 15 is 0 Å². The number of likely N-dealkylation sites (tertiary alicyclic amines) is 1. The minimum atomic E-state index is 0.0705. The SMILES string of the molecule is Cc1nnsc1C(=O)N1CCC(COCc2ccccc2)CC1. The van der Waals surface area contributed by atoms with Crippen LogP contribution in [0.3, 0.4) is 0 Å². The summed E-state index contributed by atoms with van der Waals surface area (Å²) in [6.45, 7) is 4.83. The van der Waals surface area contributed by atoms with Crippen molar-refractivity contribution < 1.29 is 9.53 Å². The molecule has 1 saturated heterocycles. The highest BCUT2D eigenvalue weighted by Crippen LogP contribution is 2.21. The van der Waals surface area contributed by atoms with Crippen LogP contribution in [0, 0.1) is 12.8 Å². The van der Waals surface area contributed by atoms with E-state index in [4.69, 9.17) is 4.74 Å². The summed E-state index contributed by atoms with van der Waals surface area (Å²) in [7, 11) is 0. The molecule has 0 atom stereocenters. The van der Waals surface area contributed by atoms with E-state index in [0.29, 0.717) is 17.4 Å². The zero-order valence-electron chi connectivity index (χ0n) is 13.3. The van der Waals surface area contributed by atoms with E-state index in [0.717, 1.165) is 38.2 Å². The van der Waals surface area contributed by atoms with Gasteiger partial charge in [0.2, 0.25) is 0 Å². The van der Waals surface area contributed by atoms with Gasteiger partial charge in [0, 0.05) is 19.7 Å². The van der Waals surface area contributed by atoms with E-state index in [1.165, 1.54) is 17.1 Å². The lowest BCUT2D eigenvalue weighted by Gasteiger charge is -2.31. The maximum absolute atomic E-state index is 12.4. The van der Waals surface area contributed by atoms with Crippen molar-refractivity contribution >= 4 is 17.4 Å². The lowest BCUT2D eigenvalue weighted by molar-refractivity contribution is 0.0481. The summed E-state index contributed by atoms with van der Waals surface area (Å²) in [4.78, 5) is 15.0. The van der Waals surface area contributed by atoms with Gasteiger partial charge in [-0.05, 0) is 42.8 Å². The Kier molecular flexibility index (Phi) is 5.35. The number of aryl methyl sites for hydroxylation is 1. The molecule has 122 valence electrons. The van der Waals surface area contributed by atoms with Gasteiger partial charge in [0.1, 0.15) is 4.88 Å². The summed E-state index contributed by atoms with van der Waals surface area (Å²) in [5, 5.41) is 3.92. The third-order valence-electron chi connectivity index (χ3n) is 4.21. The molecular formula is C17H21N3O2S. The van der Waals surface area contributed by atoms with E-state index in [1.54, 1.807) is 0 Å². The smallest absolute Gasteiger partial charge is 0.267 e. The minimum absolute atomic E-state index is 0.0705. The first kappa shape index (κ1) is 16.1. The summed E-state index contributed by atoms with van der Waals surface area (Å²) < 4.78 is 9.67. The van der Waals surface area contributed by atoms with Crippen molar-refractivity contribution in [2.75, 3.05) is 19.7 Å². The lowest BCUT2D eigenvalue weighted by atomic mass is 9.97. The van der Waals surface area contributed by atoms with Crippen molar-refractivity contribution in [3.05, 3.63) is 46.5 Å². The maximum Gasteiger partial charge on any atom is 0.267 e. The van der Waals surface area contributed by atoms with E-state index in [-0.39, 0.29) is 5.91 Å². The molecule has 23 heavy (non-hydrogen) atoms. The first-order valence-corrected chi connectivity index (χ1v) is 8.71. The van der Waals surface area contributed by atoms with Crippen LogP contribution in [0.4, 0.5) is 0 Å². The van der Waals surface area contributed by atoms with E-state index in [9.17, 15) is 4.79 Å². The molecule has 0 saturated carbocycles. The number of carbonyl (C=O) groups excluding carboxylic acids is 1. The number of piperidine rings is 1. The summed E-state index contributed by atoms with van der Waals surface area (Å²) >= 11 is 1.19. The second kappa shape index (κ2) is 7.66. The van der Waals surface area contributed by atoms with Gasteiger partial charge in [-0.1, -0.05) is 34.8 Å². The molecule has 1 aromatic heterocycles. The largest absolute Gasteiger partial charge is 0.376 e. The number of carbonyl (C=O) groups is 1. The van der Waals surface area contributed by atoms with Crippen molar-refractivity contribution in [1.29, 1.82) is 0 Å². The second-order valence-corrected chi connectivity index (χ2v) is 6.68. The number of hydrogen-bond acceptors (Lipinski definition) is 5. The standard InChI is InChI=1S/C17H21N3O2S/c1-13-16(23-19-18-13)17(21)20-9-7-15(8-10-20)12-22-11-14-5-3-2-4-6-14/h2-6,15H,7-12H2,1H3. The molecule has 1 amide bonds. The Bertz CT molecular complexity index is 636. The predicted molar refractivity (Wildman–Crippen MR) is 89.4 cm³/mol. The van der Waals surface area contributed by atoms with E-state index in [1.807, 2.05) is 30.0 Å². The van der Waals surface area contributed by atoms with Crippen molar-refractivity contribution in [3.8, 4) is 0 Å². The van der Waals surface area contributed by atoms with E-state index in [2.05, 4.69) is 21.7 Å². The number of rotatable bonds is 5. The Morgan fingerprint density at radius 2 is 2.04 bits per heavy atom. The molecule has 2 heterocycles. The van der Waals surface area contributed by atoms with Gasteiger partial charge in [0.25, 0.3) is 5.91 Å². The van der Waals surface area contributed by atoms with Gasteiger partial charge >= 0.3 is 0 Å². The molecule has 0 unspecified atom stereocenters. The highest BCUT2D eigenvalue weighted by atomic mass is 32.1. The fourth-order valence-electron chi connectivity index (χ4n) is 2.79. The average molecular weight is 331 g/mol. The van der Waals surface area contributed by atoms with Crippen LogP contribution in [-0.2, 0) is 11.3 Å². The molecule has 0 radical (unpaired) electrons. The zero-order valence-corrected chi connectivity index (χ0v) is 14.1. The Hall–Kier alpha value is -1.79. The van der Waals surface area contributed by atoms with Gasteiger partial charge in [0.15, 0.2) is 0 Å². The summed E-state index contributed by atoms with van der Waals surface area (Å²) in [6.07, 6.45) is 1.98. The topological polar surface area (TPSA) is 55.3 Å². The van der Waals surface area contributed by atoms with Crippen LogP contribution >= 0.6 is 11.5 Å². The maximum atomic E-state index is 12.4. The second-order valence-electron chi connectivity index (χ2n) is 5.92. The molecule has 6 heteroatoms. The Morgan fingerprint density at radius 3 is 2.70 bits per heavy atom. The molecule has 5 nitrogen and oxygen atoms in total. The van der Waals surface area contributed by atoms with Crippen LogP contribution in [0.2, 0.25) is 0 Å². The van der Waals surface area contributed by atoms with Gasteiger partial charge < -0.3 is 9.64 Å². The third kappa shape index (κ3) is 4.14. The number of amides is 1. The van der Waals surface area contributed by atoms with Crippen LogP contribution in [0.1, 0.15) is 33.8 Å². The Labute approximate surface area is 140 Å². The molecule has 0 spiro atoms. The van der Waals surface area contributed by atoms with Crippen molar-refractivity contribution in [1.82, 2.24) is 14.5 Å². The number of hydrogen-bond donors (Lipinski definition) is 0. The molecular weight excluding hydrogens is 310 g/mol. The van der Waals surface area contributed by atoms with Gasteiger partial charge in [-0.25, -0.2) is 0 Å². The van der Waals surface area contributed by atoms with E-state index < -0.39 is 0 Å². The van der Waals surface area contributed by atoms with Gasteiger partial charge in [-0.15, -0.1) is 5.10 Å². The van der Waals surface area contributed by atoms with Crippen molar-refractivity contribution in [2.24, 2.45) is 5.92 Å². The summed E-state index contributed by atoms with van der Waals surface area (Å²) in [5.41, 5.74) is 1.93. The number of nitrogens with zero attached hydrogens (tertiary/aromatic N) is 3. The normalized spacial score (nSPS) is 15.8. The van der Waals surface area contributed by atoms with Gasteiger partial charge in [-0.2, -0.15) is 0 Å². The first-order valence-electron chi connectivity index (χ1n) is 7.94. The zero-order chi connectivity index (χ0) is 16.1. The molecule has 3 rings (SSSR count). The van der Waals surface area contributed by atoms with Gasteiger partial charge in [-0.3, -0.25) is 4.79 Å². The number of benzene rings is 1. The van der Waals surface area contributed by atoms with Crippen LogP contribution in [-0.4, -0.2) is 40.1 Å². The molecule has 0 N–H and O–H groups in total. The van der Waals surface area contributed by atoms with Crippen LogP contribution < -0.4 is 0 Å². The lowest BCUT2D eigenvalue weighted by Crippen LogP contribution is -2.39. The predicted octanol–water partition coefficient (Wildman–Crippen LogP) is 2.92. The fourth-order valence-corrected chi connectivity index (χ4v) is 3.42. The average Bonchev–Trinajstić information content (AvgIpc) is 3.02. The molecule has 0 aliphatic carbocycles. The number of ether oxygens (including phenoxy) is 1. The highest BCUT2D eigenvalue weighted by molar-refractivity contribution is 7.07. The summed E-state index contributed by atoms with van der Waals surface area (Å²) in [5.74, 6) is 0.601. The molecule has 1 aliphatic rings. The Morgan fingerprint density at radius 1 is 1.30 bits per heavy atom. The molecule has 0 bridgehead atoms. The monoisotopic (exact) mass is 331 g/mol. The van der Waals surface area contributed by atoms with Crippen molar-refractivity contribution in [3.63, 3.8) is 0 Å². The fraction of sp³-hybridized carbons (Fsp3) is 0.471. The third-order valence-corrected chi connectivity index (χ3v) is 5.03. The Balaban J connectivity index is 1.42. The van der Waals surface area contributed by atoms with Crippen molar-refractivity contribution in [2.45, 2.75) is 26.4 Å². The van der Waals surface area contributed by atoms with Crippen LogP contribution in [0.25, 0.3) is 0 Å². The molecule has 1 fully saturated rings. The quantitative estimate of drug-likeness (QED) is 0.845. The molecule has 1 aliphatic heterocycles. The van der Waals surface area contributed by atoms with Crippen LogP contribution in [0.15, 0.2) is 30.3 Å². The first-order chi connectivity index (χ1) is 11.2. The number of aromatic nitrogens is 2. The minimum Gasteiger partial charge on any atom is -0.376 e. The molecule has 2 aromatic rings. The summed E-state index contributed by atoms with van der Waals surface area (Å²) in [6, 6.07) is 10.2. The highest BCUT2D eigenvalue weighted by Gasteiger charge is 2.26. The van der Waals surface area contributed by atoms with Crippen LogP contribution in [0.5, 0.6) is 0 Å².